The molecule has 1 aliphatic rings. The highest BCUT2D eigenvalue weighted by molar-refractivity contribution is 9.10. The smallest absolute Gasteiger partial charge is 0.244 e. The van der Waals surface area contributed by atoms with Crippen molar-refractivity contribution in [1.29, 1.82) is 0 Å². The number of sulfonamides is 1. The number of nitrogens with zero attached hydrogens (tertiary/aromatic N) is 1. The van der Waals surface area contributed by atoms with Crippen LogP contribution in [0.25, 0.3) is 0 Å². The second-order valence-electron chi connectivity index (χ2n) is 5.29. The Balaban J connectivity index is 2.28. The normalized spacial score (nSPS) is 19.6. The fourth-order valence-corrected chi connectivity index (χ4v) is 5.23. The Labute approximate surface area is 138 Å². The first-order valence-electron chi connectivity index (χ1n) is 6.66. The first-order valence-corrected chi connectivity index (χ1v) is 9.27. The monoisotopic (exact) mass is 396 g/mol. The van der Waals surface area contributed by atoms with Crippen molar-refractivity contribution in [1.82, 2.24) is 4.31 Å². The minimum absolute atomic E-state index is 0.0861. The van der Waals surface area contributed by atoms with E-state index in [9.17, 15) is 13.5 Å². The molecule has 118 valence electrons. The molecule has 1 saturated heterocycles. The maximum absolute atomic E-state index is 12.7. The molecule has 1 aliphatic heterocycles. The zero-order chi connectivity index (χ0) is 15.8. The Hall–Kier alpha value is -0.340. The molecular weight excluding hydrogens is 380 g/mol. The van der Waals surface area contributed by atoms with Crippen LogP contribution in [0.3, 0.4) is 0 Å². The quantitative estimate of drug-likeness (QED) is 0.767. The van der Waals surface area contributed by atoms with E-state index in [-0.39, 0.29) is 15.8 Å². The minimum atomic E-state index is -3.65. The van der Waals surface area contributed by atoms with Crippen molar-refractivity contribution < 1.29 is 13.5 Å². The second-order valence-corrected chi connectivity index (χ2v) is 8.43. The number of aliphatic hydroxyl groups excluding tert-OH is 1. The number of nitrogens with two attached hydrogens (primary N) is 1. The third-order valence-corrected chi connectivity index (χ3v) is 7.12. The van der Waals surface area contributed by atoms with Gasteiger partial charge in [0.05, 0.1) is 15.5 Å². The van der Waals surface area contributed by atoms with E-state index < -0.39 is 16.1 Å². The van der Waals surface area contributed by atoms with Gasteiger partial charge in [-0.05, 0) is 53.7 Å². The molecule has 1 heterocycles. The van der Waals surface area contributed by atoms with Crippen LogP contribution in [0.1, 0.15) is 19.8 Å². The van der Waals surface area contributed by atoms with Crippen molar-refractivity contribution in [2.75, 3.05) is 18.8 Å². The van der Waals surface area contributed by atoms with E-state index in [0.29, 0.717) is 36.1 Å². The van der Waals surface area contributed by atoms with Crippen molar-refractivity contribution in [2.45, 2.75) is 30.8 Å². The van der Waals surface area contributed by atoms with Gasteiger partial charge in [-0.25, -0.2) is 8.42 Å². The molecule has 1 aromatic carbocycles. The summed E-state index contributed by atoms with van der Waals surface area (Å²) in [5, 5.41) is 9.88. The Morgan fingerprint density at radius 3 is 2.52 bits per heavy atom. The van der Waals surface area contributed by atoms with Crippen LogP contribution in [-0.2, 0) is 10.0 Å². The van der Waals surface area contributed by atoms with Gasteiger partial charge >= 0.3 is 0 Å². The van der Waals surface area contributed by atoms with Crippen LogP contribution in [0.2, 0.25) is 5.02 Å². The van der Waals surface area contributed by atoms with E-state index in [1.54, 1.807) is 6.92 Å². The molecule has 2 rings (SSSR count). The summed E-state index contributed by atoms with van der Waals surface area (Å²) in [5.74, 6) is 0.143. The number of nitrogen functional groups attached to an aromatic ring is 1. The summed E-state index contributed by atoms with van der Waals surface area (Å²) in [4.78, 5) is 0.0861. The summed E-state index contributed by atoms with van der Waals surface area (Å²) in [6, 6.07) is 2.91. The summed E-state index contributed by atoms with van der Waals surface area (Å²) >= 11 is 9.14. The van der Waals surface area contributed by atoms with E-state index in [4.69, 9.17) is 17.3 Å². The Bertz CT molecular complexity index is 629. The van der Waals surface area contributed by atoms with Crippen LogP contribution in [0.15, 0.2) is 21.5 Å². The summed E-state index contributed by atoms with van der Waals surface area (Å²) in [6.07, 6.45) is 0.873. The lowest BCUT2D eigenvalue weighted by Crippen LogP contribution is -2.40. The van der Waals surface area contributed by atoms with Crippen molar-refractivity contribution in [3.63, 3.8) is 0 Å². The molecule has 1 aromatic rings. The van der Waals surface area contributed by atoms with Crippen molar-refractivity contribution in [2.24, 2.45) is 5.92 Å². The molecule has 0 amide bonds. The first kappa shape index (κ1) is 17.0. The number of hydrogen-bond donors (Lipinski definition) is 2. The number of aliphatic hydroxyl groups is 1. The summed E-state index contributed by atoms with van der Waals surface area (Å²) in [7, 11) is -3.65. The molecule has 0 radical (unpaired) electrons. The van der Waals surface area contributed by atoms with Gasteiger partial charge in [-0.1, -0.05) is 11.6 Å². The van der Waals surface area contributed by atoms with Gasteiger partial charge in [0.15, 0.2) is 0 Å². The first-order chi connectivity index (χ1) is 9.73. The van der Waals surface area contributed by atoms with Crippen molar-refractivity contribution in [3.05, 3.63) is 21.6 Å². The second kappa shape index (κ2) is 6.42. The van der Waals surface area contributed by atoms with Crippen LogP contribution >= 0.6 is 27.5 Å². The van der Waals surface area contributed by atoms with E-state index in [0.717, 1.165) is 0 Å². The van der Waals surface area contributed by atoms with Gasteiger partial charge in [-0.15, -0.1) is 0 Å². The molecule has 0 saturated carbocycles. The largest absolute Gasteiger partial charge is 0.398 e. The Morgan fingerprint density at radius 1 is 1.43 bits per heavy atom. The fourth-order valence-electron chi connectivity index (χ4n) is 2.51. The van der Waals surface area contributed by atoms with Gasteiger partial charge in [0.2, 0.25) is 10.0 Å². The van der Waals surface area contributed by atoms with Crippen molar-refractivity contribution >= 4 is 43.2 Å². The zero-order valence-electron chi connectivity index (χ0n) is 11.6. The van der Waals surface area contributed by atoms with Crippen LogP contribution in [0.4, 0.5) is 5.69 Å². The van der Waals surface area contributed by atoms with E-state index in [1.165, 1.54) is 16.4 Å². The fraction of sp³-hybridized carbons (Fsp3) is 0.538. The molecular formula is C13H18BrClN2O3S. The van der Waals surface area contributed by atoms with Gasteiger partial charge < -0.3 is 10.8 Å². The highest BCUT2D eigenvalue weighted by Crippen LogP contribution is 2.34. The number of hydrogen-bond acceptors (Lipinski definition) is 4. The third kappa shape index (κ3) is 3.53. The lowest BCUT2D eigenvalue weighted by Gasteiger charge is -2.32. The van der Waals surface area contributed by atoms with E-state index in [1.807, 2.05) is 0 Å². The van der Waals surface area contributed by atoms with E-state index >= 15 is 0 Å². The van der Waals surface area contributed by atoms with Gasteiger partial charge in [0, 0.05) is 23.8 Å². The molecule has 8 heteroatoms. The number of piperidine rings is 1. The van der Waals surface area contributed by atoms with Gasteiger partial charge in [-0.2, -0.15) is 4.31 Å². The Morgan fingerprint density at radius 2 is 2.00 bits per heavy atom. The number of halogens is 2. The maximum atomic E-state index is 12.7. The molecule has 0 aromatic heterocycles. The maximum Gasteiger partial charge on any atom is 0.244 e. The molecule has 1 unspecified atom stereocenters. The molecule has 0 bridgehead atoms. The SMILES string of the molecule is CC(O)C1CCN(S(=O)(=O)c2cc(Cl)cc(N)c2Br)CC1. The molecule has 5 nitrogen and oxygen atoms in total. The van der Waals surface area contributed by atoms with Crippen LogP contribution in [0.5, 0.6) is 0 Å². The average molecular weight is 398 g/mol. The number of rotatable bonds is 3. The lowest BCUT2D eigenvalue weighted by molar-refractivity contribution is 0.0912. The summed E-state index contributed by atoms with van der Waals surface area (Å²) in [6.45, 7) is 2.51. The number of anilines is 1. The highest BCUT2D eigenvalue weighted by Gasteiger charge is 2.32. The molecule has 0 spiro atoms. The molecule has 0 aliphatic carbocycles. The predicted molar refractivity (Wildman–Crippen MR) is 86.7 cm³/mol. The highest BCUT2D eigenvalue weighted by atomic mass is 79.9. The van der Waals surface area contributed by atoms with Crippen molar-refractivity contribution in [3.8, 4) is 0 Å². The topological polar surface area (TPSA) is 83.6 Å². The summed E-state index contributed by atoms with van der Waals surface area (Å²) < 4.78 is 27.2. The standard InChI is InChI=1S/C13H18BrClN2O3S/c1-8(18)9-2-4-17(5-3-9)21(19,20)12-7-10(15)6-11(16)13(12)14/h6-9,18H,2-5,16H2,1H3. The third-order valence-electron chi connectivity index (χ3n) is 3.83. The molecule has 1 fully saturated rings. The predicted octanol–water partition coefficient (Wildman–Crippen LogP) is 2.47. The lowest BCUT2D eigenvalue weighted by atomic mass is 9.93. The molecule has 21 heavy (non-hydrogen) atoms. The van der Waals surface area contributed by atoms with E-state index in [2.05, 4.69) is 15.9 Å². The number of benzene rings is 1. The average Bonchev–Trinajstić information content (AvgIpc) is 2.42. The van der Waals surface area contributed by atoms with Gasteiger partial charge in [0.1, 0.15) is 0 Å². The summed E-state index contributed by atoms with van der Waals surface area (Å²) in [5.41, 5.74) is 6.05. The van der Waals surface area contributed by atoms with Gasteiger partial charge in [0.25, 0.3) is 0 Å². The van der Waals surface area contributed by atoms with Gasteiger partial charge in [-0.3, -0.25) is 0 Å². The van der Waals surface area contributed by atoms with Crippen LogP contribution < -0.4 is 5.73 Å². The zero-order valence-corrected chi connectivity index (χ0v) is 14.7. The van der Waals surface area contributed by atoms with Crippen LogP contribution in [-0.4, -0.2) is 37.0 Å². The Kier molecular flexibility index (Phi) is 5.20. The molecule has 3 N–H and O–H groups in total. The molecule has 1 atom stereocenters. The van der Waals surface area contributed by atoms with Crippen LogP contribution in [0, 0.1) is 5.92 Å². The minimum Gasteiger partial charge on any atom is -0.398 e.